The van der Waals surface area contributed by atoms with E-state index < -0.39 is 0 Å². The molecule has 0 aliphatic carbocycles. The van der Waals surface area contributed by atoms with Gasteiger partial charge in [-0.1, -0.05) is 30.7 Å². The molecule has 2 rings (SSSR count). The fraction of sp³-hybridized carbons (Fsp3) is 0.647. The molecule has 1 saturated heterocycles. The molecule has 0 radical (unpaired) electrons. The Morgan fingerprint density at radius 3 is 2.75 bits per heavy atom. The van der Waals surface area contributed by atoms with Crippen LogP contribution in [-0.2, 0) is 4.74 Å². The first-order valence-corrected chi connectivity index (χ1v) is 8.15. The van der Waals surface area contributed by atoms with Crippen molar-refractivity contribution in [2.45, 2.75) is 45.6 Å². The number of halogens is 1. The summed E-state index contributed by atoms with van der Waals surface area (Å²) in [6.45, 7) is 7.20. The van der Waals surface area contributed by atoms with Gasteiger partial charge in [0.1, 0.15) is 0 Å². The third-order valence-electron chi connectivity index (χ3n) is 4.14. The number of rotatable bonds is 6. The van der Waals surface area contributed by atoms with Crippen LogP contribution in [0.3, 0.4) is 0 Å². The van der Waals surface area contributed by atoms with E-state index in [0.29, 0.717) is 6.04 Å². The van der Waals surface area contributed by atoms with Gasteiger partial charge in [-0.05, 0) is 62.3 Å². The van der Waals surface area contributed by atoms with Gasteiger partial charge >= 0.3 is 0 Å². The van der Waals surface area contributed by atoms with Crippen molar-refractivity contribution < 1.29 is 4.74 Å². The van der Waals surface area contributed by atoms with Crippen LogP contribution < -0.4 is 5.32 Å². The molecule has 0 aromatic heterocycles. The topological polar surface area (TPSA) is 21.3 Å². The number of hydrogen-bond donors (Lipinski definition) is 1. The maximum absolute atomic E-state index is 6.14. The van der Waals surface area contributed by atoms with Gasteiger partial charge in [0.25, 0.3) is 0 Å². The van der Waals surface area contributed by atoms with Crippen molar-refractivity contribution in [2.24, 2.45) is 5.92 Å². The molecule has 1 aromatic carbocycles. The van der Waals surface area contributed by atoms with Gasteiger partial charge in [-0.3, -0.25) is 0 Å². The van der Waals surface area contributed by atoms with Crippen LogP contribution in [0.15, 0.2) is 18.2 Å². The molecule has 2 nitrogen and oxygen atoms in total. The fourth-order valence-electron chi connectivity index (χ4n) is 2.86. The van der Waals surface area contributed by atoms with E-state index in [-0.39, 0.29) is 0 Å². The van der Waals surface area contributed by atoms with E-state index in [4.69, 9.17) is 16.3 Å². The molecular formula is C17H26ClNO. The lowest BCUT2D eigenvalue weighted by Crippen LogP contribution is -2.27. The van der Waals surface area contributed by atoms with Crippen LogP contribution in [0.2, 0.25) is 5.02 Å². The third kappa shape index (κ3) is 4.47. The Labute approximate surface area is 127 Å². The second-order valence-electron chi connectivity index (χ2n) is 5.81. The highest BCUT2D eigenvalue weighted by atomic mass is 35.5. The largest absolute Gasteiger partial charge is 0.381 e. The van der Waals surface area contributed by atoms with E-state index in [9.17, 15) is 0 Å². The minimum absolute atomic E-state index is 0.439. The SMILES string of the molecule is CCCNC(CC1CCOCC1)c1ccc(Cl)c(C)c1. The first kappa shape index (κ1) is 15.8. The van der Waals surface area contributed by atoms with Crippen molar-refractivity contribution in [1.29, 1.82) is 0 Å². The molecule has 1 N–H and O–H groups in total. The number of ether oxygens (including phenoxy) is 1. The maximum atomic E-state index is 6.14. The predicted octanol–water partition coefficient (Wildman–Crippen LogP) is 4.51. The lowest BCUT2D eigenvalue weighted by Gasteiger charge is -2.28. The van der Waals surface area contributed by atoms with Gasteiger partial charge in [0.15, 0.2) is 0 Å². The van der Waals surface area contributed by atoms with Crippen molar-refractivity contribution in [3.05, 3.63) is 34.3 Å². The Bertz CT molecular complexity index is 415. The highest BCUT2D eigenvalue weighted by molar-refractivity contribution is 6.31. The van der Waals surface area contributed by atoms with E-state index in [0.717, 1.165) is 37.1 Å². The second-order valence-corrected chi connectivity index (χ2v) is 6.21. The van der Waals surface area contributed by atoms with Gasteiger partial charge < -0.3 is 10.1 Å². The number of nitrogens with one attached hydrogen (secondary N) is 1. The first-order valence-electron chi connectivity index (χ1n) is 7.78. The maximum Gasteiger partial charge on any atom is 0.0468 e. The summed E-state index contributed by atoms with van der Waals surface area (Å²) < 4.78 is 5.47. The number of benzene rings is 1. The Morgan fingerprint density at radius 2 is 2.10 bits per heavy atom. The fourth-order valence-corrected chi connectivity index (χ4v) is 2.97. The Kier molecular flexibility index (Phi) is 6.34. The highest BCUT2D eigenvalue weighted by Gasteiger charge is 2.20. The normalized spacial score (nSPS) is 18.1. The monoisotopic (exact) mass is 295 g/mol. The smallest absolute Gasteiger partial charge is 0.0468 e. The Hall–Kier alpha value is -0.570. The Morgan fingerprint density at radius 1 is 1.35 bits per heavy atom. The molecule has 1 heterocycles. The molecule has 112 valence electrons. The molecule has 1 unspecified atom stereocenters. The van der Waals surface area contributed by atoms with Crippen molar-refractivity contribution in [3.8, 4) is 0 Å². The van der Waals surface area contributed by atoms with E-state index in [1.165, 1.54) is 30.4 Å². The first-order chi connectivity index (χ1) is 9.70. The predicted molar refractivity (Wildman–Crippen MR) is 85.4 cm³/mol. The summed E-state index contributed by atoms with van der Waals surface area (Å²) >= 11 is 6.14. The van der Waals surface area contributed by atoms with Crippen LogP contribution in [0.25, 0.3) is 0 Å². The highest BCUT2D eigenvalue weighted by Crippen LogP contribution is 2.29. The third-order valence-corrected chi connectivity index (χ3v) is 4.56. The van der Waals surface area contributed by atoms with Gasteiger partial charge in [0.2, 0.25) is 0 Å². The lowest BCUT2D eigenvalue weighted by molar-refractivity contribution is 0.0605. The quantitative estimate of drug-likeness (QED) is 0.834. The summed E-state index contributed by atoms with van der Waals surface area (Å²) in [7, 11) is 0. The molecule has 1 atom stereocenters. The van der Waals surface area contributed by atoms with Crippen molar-refractivity contribution in [3.63, 3.8) is 0 Å². The molecule has 3 heteroatoms. The van der Waals surface area contributed by atoms with Gasteiger partial charge in [-0.25, -0.2) is 0 Å². The molecule has 1 aliphatic rings. The van der Waals surface area contributed by atoms with Crippen LogP contribution >= 0.6 is 11.6 Å². The van der Waals surface area contributed by atoms with Gasteiger partial charge in [0.05, 0.1) is 0 Å². The summed E-state index contributed by atoms with van der Waals surface area (Å²) in [6.07, 6.45) is 4.75. The van der Waals surface area contributed by atoms with Crippen molar-refractivity contribution >= 4 is 11.6 Å². The van der Waals surface area contributed by atoms with Crippen LogP contribution in [0.1, 0.15) is 49.8 Å². The molecule has 0 spiro atoms. The minimum atomic E-state index is 0.439. The molecule has 1 fully saturated rings. The molecule has 0 saturated carbocycles. The molecule has 20 heavy (non-hydrogen) atoms. The Balaban J connectivity index is 2.06. The molecule has 0 amide bonds. The second kappa shape index (κ2) is 8.02. The van der Waals surface area contributed by atoms with Crippen LogP contribution in [0.4, 0.5) is 0 Å². The molecule has 0 bridgehead atoms. The zero-order valence-corrected chi connectivity index (χ0v) is 13.4. The van der Waals surface area contributed by atoms with Crippen LogP contribution in [0, 0.1) is 12.8 Å². The van der Waals surface area contributed by atoms with Gasteiger partial charge in [-0.15, -0.1) is 0 Å². The van der Waals surface area contributed by atoms with E-state index in [2.05, 4.69) is 31.3 Å². The lowest BCUT2D eigenvalue weighted by atomic mass is 9.89. The molecular weight excluding hydrogens is 270 g/mol. The van der Waals surface area contributed by atoms with Crippen molar-refractivity contribution in [2.75, 3.05) is 19.8 Å². The number of hydrogen-bond acceptors (Lipinski definition) is 2. The van der Waals surface area contributed by atoms with E-state index in [1.807, 2.05) is 6.07 Å². The van der Waals surface area contributed by atoms with Gasteiger partial charge in [-0.2, -0.15) is 0 Å². The summed E-state index contributed by atoms with van der Waals surface area (Å²) in [5, 5.41) is 4.55. The van der Waals surface area contributed by atoms with E-state index >= 15 is 0 Å². The van der Waals surface area contributed by atoms with Crippen LogP contribution in [0.5, 0.6) is 0 Å². The average Bonchev–Trinajstić information content (AvgIpc) is 2.47. The summed E-state index contributed by atoms with van der Waals surface area (Å²) in [6, 6.07) is 6.86. The minimum Gasteiger partial charge on any atom is -0.381 e. The number of aryl methyl sites for hydroxylation is 1. The van der Waals surface area contributed by atoms with Gasteiger partial charge in [0, 0.05) is 24.3 Å². The summed E-state index contributed by atoms with van der Waals surface area (Å²) in [5.74, 6) is 0.772. The standard InChI is InChI=1S/C17H26ClNO/c1-3-8-19-17(12-14-6-9-20-10-7-14)15-4-5-16(18)13(2)11-15/h4-5,11,14,17,19H,3,6-10,12H2,1-2H3. The molecule has 1 aliphatic heterocycles. The zero-order valence-electron chi connectivity index (χ0n) is 12.6. The summed E-state index contributed by atoms with van der Waals surface area (Å²) in [4.78, 5) is 0. The molecule has 1 aromatic rings. The van der Waals surface area contributed by atoms with Crippen LogP contribution in [-0.4, -0.2) is 19.8 Å². The average molecular weight is 296 g/mol. The van der Waals surface area contributed by atoms with E-state index in [1.54, 1.807) is 0 Å². The zero-order chi connectivity index (χ0) is 14.4. The summed E-state index contributed by atoms with van der Waals surface area (Å²) in [5.41, 5.74) is 2.53. The van der Waals surface area contributed by atoms with Crippen molar-refractivity contribution in [1.82, 2.24) is 5.32 Å².